The Hall–Kier alpha value is -0.900. The molecule has 0 spiro atoms. The molecule has 1 heterocycles. The zero-order valence-electron chi connectivity index (χ0n) is 9.79. The monoisotopic (exact) mass is 357 g/mol. The summed E-state index contributed by atoms with van der Waals surface area (Å²) in [5.74, 6) is 0.655. The molecule has 1 aliphatic heterocycles. The topological polar surface area (TPSA) is 21.3 Å². The summed E-state index contributed by atoms with van der Waals surface area (Å²) in [6.45, 7) is 0.681. The Morgan fingerprint density at radius 3 is 2.84 bits per heavy atom. The van der Waals surface area contributed by atoms with Crippen molar-refractivity contribution in [2.45, 2.75) is 6.10 Å². The van der Waals surface area contributed by atoms with E-state index in [1.807, 2.05) is 30.3 Å². The van der Waals surface area contributed by atoms with Crippen molar-refractivity contribution in [2.24, 2.45) is 0 Å². The van der Waals surface area contributed by atoms with Crippen LogP contribution in [-0.2, 0) is 0 Å². The third-order valence-electron chi connectivity index (χ3n) is 2.97. The van der Waals surface area contributed by atoms with Crippen LogP contribution in [0.4, 0.5) is 5.69 Å². The minimum atomic E-state index is -0.0660. The lowest BCUT2D eigenvalue weighted by Gasteiger charge is -2.28. The summed E-state index contributed by atoms with van der Waals surface area (Å²) in [6.07, 6.45) is -0.0660. The molecule has 98 valence electrons. The second-order valence-electron chi connectivity index (χ2n) is 4.31. The summed E-state index contributed by atoms with van der Waals surface area (Å²) in [7, 11) is 0. The first kappa shape index (κ1) is 13.1. The molecular weight excluding hydrogens is 349 g/mol. The summed E-state index contributed by atoms with van der Waals surface area (Å²) in [5.41, 5.74) is 1.93. The molecule has 2 nitrogen and oxygen atoms in total. The molecule has 19 heavy (non-hydrogen) atoms. The molecule has 3 rings (SSSR count). The molecule has 0 saturated heterocycles. The Morgan fingerprint density at radius 2 is 2.05 bits per heavy atom. The first-order chi connectivity index (χ1) is 9.13. The average Bonchev–Trinajstić information content (AvgIpc) is 2.38. The van der Waals surface area contributed by atoms with E-state index < -0.39 is 0 Å². The highest BCUT2D eigenvalue weighted by atomic mass is 79.9. The molecule has 0 radical (unpaired) electrons. The first-order valence-electron chi connectivity index (χ1n) is 5.78. The van der Waals surface area contributed by atoms with Crippen LogP contribution in [-0.4, -0.2) is 6.54 Å². The third-order valence-corrected chi connectivity index (χ3v) is 3.96. The molecule has 0 aliphatic carbocycles. The lowest BCUT2D eigenvalue weighted by molar-refractivity contribution is 0.210. The molecule has 0 saturated carbocycles. The van der Waals surface area contributed by atoms with E-state index in [0.29, 0.717) is 22.3 Å². The van der Waals surface area contributed by atoms with E-state index in [4.69, 9.17) is 27.9 Å². The highest BCUT2D eigenvalue weighted by molar-refractivity contribution is 9.10. The number of anilines is 1. The largest absolute Gasteiger partial charge is 0.480 e. The lowest BCUT2D eigenvalue weighted by Crippen LogP contribution is -2.23. The van der Waals surface area contributed by atoms with Crippen molar-refractivity contribution in [2.75, 3.05) is 11.9 Å². The second-order valence-corrected chi connectivity index (χ2v) is 6.07. The SMILES string of the molecule is Clc1cc(Cl)c2c(c1)NCC(c1cccc(Br)c1)O2. The summed E-state index contributed by atoms with van der Waals surface area (Å²) in [5, 5.41) is 4.42. The van der Waals surface area contributed by atoms with Crippen molar-refractivity contribution < 1.29 is 4.74 Å². The fourth-order valence-electron chi connectivity index (χ4n) is 2.09. The third kappa shape index (κ3) is 2.69. The molecule has 0 aromatic heterocycles. The second kappa shape index (κ2) is 5.23. The maximum Gasteiger partial charge on any atom is 0.162 e. The van der Waals surface area contributed by atoms with Crippen molar-refractivity contribution in [1.82, 2.24) is 0 Å². The molecule has 1 atom stereocenters. The Labute approximate surface area is 129 Å². The standard InChI is InChI=1S/C14H10BrCl2NO/c15-9-3-1-2-8(4-9)13-7-18-12-6-10(16)5-11(17)14(12)19-13/h1-6,13,18H,7H2. The fourth-order valence-corrected chi connectivity index (χ4v) is 3.05. The smallest absolute Gasteiger partial charge is 0.162 e. The number of halogens is 3. The van der Waals surface area contributed by atoms with Gasteiger partial charge in [-0.25, -0.2) is 0 Å². The highest BCUT2D eigenvalue weighted by Gasteiger charge is 2.23. The Morgan fingerprint density at radius 1 is 1.21 bits per heavy atom. The van der Waals surface area contributed by atoms with Crippen LogP contribution < -0.4 is 10.1 Å². The van der Waals surface area contributed by atoms with E-state index >= 15 is 0 Å². The Bertz CT molecular complexity index is 633. The van der Waals surface area contributed by atoms with Crippen molar-refractivity contribution in [3.8, 4) is 5.75 Å². The van der Waals surface area contributed by atoms with Crippen LogP contribution in [0.1, 0.15) is 11.7 Å². The van der Waals surface area contributed by atoms with Gasteiger partial charge in [0.05, 0.1) is 17.3 Å². The molecule has 0 fully saturated rings. The molecule has 5 heteroatoms. The van der Waals surface area contributed by atoms with Gasteiger partial charge in [0.15, 0.2) is 5.75 Å². The molecule has 1 aliphatic rings. The molecular formula is C14H10BrCl2NO. The molecule has 0 amide bonds. The van der Waals surface area contributed by atoms with Crippen molar-refractivity contribution in [3.63, 3.8) is 0 Å². The number of benzene rings is 2. The number of nitrogens with one attached hydrogen (secondary N) is 1. The summed E-state index contributed by atoms with van der Waals surface area (Å²) in [6, 6.07) is 11.6. The predicted octanol–water partition coefficient (Wildman–Crippen LogP) is 5.30. The maximum atomic E-state index is 6.17. The van der Waals surface area contributed by atoms with Gasteiger partial charge in [-0.2, -0.15) is 0 Å². The quantitative estimate of drug-likeness (QED) is 0.746. The zero-order valence-corrected chi connectivity index (χ0v) is 12.9. The van der Waals surface area contributed by atoms with Crippen LogP contribution in [0.15, 0.2) is 40.9 Å². The van der Waals surface area contributed by atoms with Crippen molar-refractivity contribution in [1.29, 1.82) is 0 Å². The van der Waals surface area contributed by atoms with Crippen LogP contribution >= 0.6 is 39.1 Å². The number of hydrogen-bond donors (Lipinski definition) is 1. The van der Waals surface area contributed by atoms with E-state index in [2.05, 4.69) is 21.2 Å². The fraction of sp³-hybridized carbons (Fsp3) is 0.143. The van der Waals surface area contributed by atoms with E-state index in [-0.39, 0.29) is 6.10 Å². The average molecular weight is 359 g/mol. The van der Waals surface area contributed by atoms with E-state index in [0.717, 1.165) is 15.7 Å². The van der Waals surface area contributed by atoms with Gasteiger partial charge in [0.2, 0.25) is 0 Å². The van der Waals surface area contributed by atoms with Crippen LogP contribution in [0.3, 0.4) is 0 Å². The Balaban J connectivity index is 1.94. The molecule has 0 bridgehead atoms. The minimum absolute atomic E-state index is 0.0660. The lowest BCUT2D eigenvalue weighted by atomic mass is 10.1. The zero-order chi connectivity index (χ0) is 13.4. The number of ether oxygens (including phenoxy) is 1. The van der Waals surface area contributed by atoms with Gasteiger partial charge < -0.3 is 10.1 Å². The van der Waals surface area contributed by atoms with E-state index in [1.54, 1.807) is 6.07 Å². The molecule has 2 aromatic carbocycles. The predicted molar refractivity (Wildman–Crippen MR) is 82.5 cm³/mol. The normalized spacial score (nSPS) is 17.3. The van der Waals surface area contributed by atoms with E-state index in [9.17, 15) is 0 Å². The highest BCUT2D eigenvalue weighted by Crippen LogP contribution is 2.41. The van der Waals surface area contributed by atoms with Crippen LogP contribution in [0.2, 0.25) is 10.0 Å². The van der Waals surface area contributed by atoms with Gasteiger partial charge in [0, 0.05) is 9.50 Å². The van der Waals surface area contributed by atoms with Crippen LogP contribution in [0, 0.1) is 0 Å². The number of rotatable bonds is 1. The van der Waals surface area contributed by atoms with Gasteiger partial charge in [-0.15, -0.1) is 0 Å². The van der Waals surface area contributed by atoms with Gasteiger partial charge in [0.25, 0.3) is 0 Å². The van der Waals surface area contributed by atoms with Crippen LogP contribution in [0.5, 0.6) is 5.75 Å². The van der Waals surface area contributed by atoms with Crippen molar-refractivity contribution in [3.05, 3.63) is 56.5 Å². The number of fused-ring (bicyclic) bond motifs is 1. The first-order valence-corrected chi connectivity index (χ1v) is 7.33. The van der Waals surface area contributed by atoms with Gasteiger partial charge in [-0.05, 0) is 29.8 Å². The van der Waals surface area contributed by atoms with E-state index in [1.165, 1.54) is 0 Å². The van der Waals surface area contributed by atoms with Gasteiger partial charge in [-0.1, -0.05) is 51.3 Å². The summed E-state index contributed by atoms with van der Waals surface area (Å²) < 4.78 is 7.01. The summed E-state index contributed by atoms with van der Waals surface area (Å²) >= 11 is 15.6. The minimum Gasteiger partial charge on any atom is -0.480 e. The number of hydrogen-bond acceptors (Lipinski definition) is 2. The maximum absolute atomic E-state index is 6.17. The Kier molecular flexibility index (Phi) is 3.61. The van der Waals surface area contributed by atoms with Gasteiger partial charge >= 0.3 is 0 Å². The molecule has 1 N–H and O–H groups in total. The van der Waals surface area contributed by atoms with Gasteiger partial charge in [0.1, 0.15) is 6.10 Å². The van der Waals surface area contributed by atoms with Gasteiger partial charge in [-0.3, -0.25) is 0 Å². The molecule has 1 unspecified atom stereocenters. The van der Waals surface area contributed by atoms with Crippen molar-refractivity contribution >= 4 is 44.8 Å². The summed E-state index contributed by atoms with van der Waals surface area (Å²) in [4.78, 5) is 0. The molecule has 2 aromatic rings. The van der Waals surface area contributed by atoms with Crippen LogP contribution in [0.25, 0.3) is 0 Å².